The number of carbonyl (C=O) groups is 1. The molecule has 0 radical (unpaired) electrons. The Labute approximate surface area is 194 Å². The van der Waals surface area contributed by atoms with Gasteiger partial charge in [0.25, 0.3) is 10.0 Å². The number of carbonyl (C=O) groups excluding carboxylic acids is 1. The number of sulfonamides is 1. The number of amidine groups is 1. The molecular weight excluding hydrogens is 442 g/mol. The number of methoxy groups -OCH3 is 1. The smallest absolute Gasteiger partial charge is 0.285 e. The molecule has 0 bridgehead atoms. The highest BCUT2D eigenvalue weighted by atomic mass is 32.2. The molecule has 4 rings (SSSR count). The van der Waals surface area contributed by atoms with Crippen LogP contribution in [0.5, 0.6) is 11.5 Å². The first-order valence-electron chi connectivity index (χ1n) is 11.1. The molecule has 2 aliphatic heterocycles. The van der Waals surface area contributed by atoms with Gasteiger partial charge in [-0.2, -0.15) is 8.42 Å². The number of amides is 1. The lowest BCUT2D eigenvalue weighted by Crippen LogP contribution is -2.45. The average Bonchev–Trinajstić information content (AvgIpc) is 3.10. The standard InChI is InChI=1S/C24H29N3O5S/c1-4-32-20-12-11-17(14-21(20)31-3)16(2)25-24(28)18-8-7-13-27(15-18)23-19-9-5-6-10-22(19)33(29,30)26-23/h5-6,9-12,14,16,18H,4,7-8,13,15H2,1-3H3,(H,25,28). The van der Waals surface area contributed by atoms with Crippen LogP contribution in [0.4, 0.5) is 0 Å². The van der Waals surface area contributed by atoms with E-state index in [4.69, 9.17) is 9.47 Å². The molecule has 1 N–H and O–H groups in total. The molecule has 33 heavy (non-hydrogen) atoms. The van der Waals surface area contributed by atoms with Crippen LogP contribution in [0, 0.1) is 5.92 Å². The van der Waals surface area contributed by atoms with Crippen LogP contribution in [0.2, 0.25) is 0 Å². The van der Waals surface area contributed by atoms with Crippen LogP contribution in [0.15, 0.2) is 51.8 Å². The van der Waals surface area contributed by atoms with Gasteiger partial charge < -0.3 is 19.7 Å². The van der Waals surface area contributed by atoms with Gasteiger partial charge in [-0.15, -0.1) is 4.40 Å². The number of benzene rings is 2. The number of piperidine rings is 1. The van der Waals surface area contributed by atoms with E-state index in [9.17, 15) is 13.2 Å². The highest BCUT2D eigenvalue weighted by molar-refractivity contribution is 7.90. The van der Waals surface area contributed by atoms with E-state index in [0.717, 1.165) is 18.4 Å². The fourth-order valence-corrected chi connectivity index (χ4v) is 5.57. The molecule has 2 aromatic carbocycles. The topological polar surface area (TPSA) is 97.3 Å². The third-order valence-corrected chi connectivity index (χ3v) is 7.38. The summed E-state index contributed by atoms with van der Waals surface area (Å²) in [5, 5.41) is 3.10. The van der Waals surface area contributed by atoms with Crippen LogP contribution in [-0.4, -0.2) is 51.9 Å². The molecule has 2 atom stereocenters. The Hall–Kier alpha value is -3.07. The van der Waals surface area contributed by atoms with E-state index in [2.05, 4.69) is 9.71 Å². The Kier molecular flexibility index (Phi) is 6.60. The van der Waals surface area contributed by atoms with Gasteiger partial charge in [0.05, 0.1) is 25.7 Å². The first-order chi connectivity index (χ1) is 15.8. The SMILES string of the molecule is CCOc1ccc(C(C)NC(=O)C2CCCN(C3=NS(=O)(=O)c4ccccc43)C2)cc1OC. The van der Waals surface area contributed by atoms with E-state index in [-0.39, 0.29) is 22.8 Å². The van der Waals surface area contributed by atoms with E-state index in [1.807, 2.05) is 36.9 Å². The van der Waals surface area contributed by atoms with Gasteiger partial charge in [0, 0.05) is 18.7 Å². The highest BCUT2D eigenvalue weighted by Crippen LogP contribution is 2.32. The summed E-state index contributed by atoms with van der Waals surface area (Å²) >= 11 is 0. The number of rotatable bonds is 6. The zero-order chi connectivity index (χ0) is 23.6. The lowest BCUT2D eigenvalue weighted by atomic mass is 9.95. The van der Waals surface area contributed by atoms with Crippen molar-refractivity contribution >= 4 is 21.8 Å². The molecule has 0 spiro atoms. The number of hydrogen-bond acceptors (Lipinski definition) is 6. The van der Waals surface area contributed by atoms with E-state index in [1.54, 1.807) is 31.4 Å². The second-order valence-electron chi connectivity index (χ2n) is 8.24. The fraction of sp³-hybridized carbons (Fsp3) is 0.417. The highest BCUT2D eigenvalue weighted by Gasteiger charge is 2.35. The van der Waals surface area contributed by atoms with E-state index < -0.39 is 10.0 Å². The van der Waals surface area contributed by atoms with Crippen LogP contribution in [-0.2, 0) is 14.8 Å². The van der Waals surface area contributed by atoms with E-state index in [1.165, 1.54) is 0 Å². The predicted molar refractivity (Wildman–Crippen MR) is 125 cm³/mol. The third kappa shape index (κ3) is 4.68. The van der Waals surface area contributed by atoms with Crippen molar-refractivity contribution in [3.63, 3.8) is 0 Å². The normalized spacial score (nSPS) is 19.9. The second kappa shape index (κ2) is 9.43. The van der Waals surface area contributed by atoms with Crippen LogP contribution in [0.3, 0.4) is 0 Å². The summed E-state index contributed by atoms with van der Waals surface area (Å²) in [5.74, 6) is 1.40. The Balaban J connectivity index is 1.46. The van der Waals surface area contributed by atoms with Gasteiger partial charge in [0.2, 0.25) is 5.91 Å². The quantitative estimate of drug-likeness (QED) is 0.695. The summed E-state index contributed by atoms with van der Waals surface area (Å²) in [6, 6.07) is 12.3. The molecule has 2 heterocycles. The zero-order valence-electron chi connectivity index (χ0n) is 19.1. The van der Waals surface area contributed by atoms with Crippen LogP contribution < -0.4 is 14.8 Å². The number of nitrogens with zero attached hydrogens (tertiary/aromatic N) is 2. The van der Waals surface area contributed by atoms with Crippen molar-refractivity contribution in [2.24, 2.45) is 10.3 Å². The summed E-state index contributed by atoms with van der Waals surface area (Å²) in [6.45, 7) is 5.47. The molecule has 2 aromatic rings. The number of ether oxygens (including phenoxy) is 2. The van der Waals surface area contributed by atoms with Crippen molar-refractivity contribution in [2.75, 3.05) is 26.8 Å². The van der Waals surface area contributed by atoms with Gasteiger partial charge in [0.1, 0.15) is 4.90 Å². The number of likely N-dealkylation sites (tertiary alicyclic amines) is 1. The van der Waals surface area contributed by atoms with Gasteiger partial charge in [-0.05, 0) is 56.5 Å². The summed E-state index contributed by atoms with van der Waals surface area (Å²) in [6.07, 6.45) is 1.52. The van der Waals surface area contributed by atoms with Gasteiger partial charge >= 0.3 is 0 Å². The number of fused-ring (bicyclic) bond motifs is 1. The Morgan fingerprint density at radius 1 is 1.24 bits per heavy atom. The third-order valence-electron chi connectivity index (χ3n) is 6.05. The molecule has 9 heteroatoms. The first-order valence-corrected chi connectivity index (χ1v) is 12.6. The van der Waals surface area contributed by atoms with E-state index >= 15 is 0 Å². The number of nitrogens with one attached hydrogen (secondary N) is 1. The van der Waals surface area contributed by atoms with Crippen molar-refractivity contribution in [1.82, 2.24) is 10.2 Å². The molecule has 1 fully saturated rings. The Bertz CT molecular complexity index is 1180. The Morgan fingerprint density at radius 3 is 2.79 bits per heavy atom. The predicted octanol–water partition coefficient (Wildman–Crippen LogP) is 3.13. The molecule has 8 nitrogen and oxygen atoms in total. The number of hydrogen-bond donors (Lipinski definition) is 1. The second-order valence-corrected chi connectivity index (χ2v) is 9.82. The van der Waals surface area contributed by atoms with Crippen molar-refractivity contribution in [3.05, 3.63) is 53.6 Å². The summed E-state index contributed by atoms with van der Waals surface area (Å²) < 4.78 is 39.9. The van der Waals surface area contributed by atoms with Crippen molar-refractivity contribution in [1.29, 1.82) is 0 Å². The minimum Gasteiger partial charge on any atom is -0.493 e. The fourth-order valence-electron chi connectivity index (χ4n) is 4.34. The molecule has 2 unspecified atom stereocenters. The van der Waals surface area contributed by atoms with Crippen LogP contribution in [0.25, 0.3) is 0 Å². The molecule has 0 saturated carbocycles. The molecule has 1 amide bonds. The van der Waals surface area contributed by atoms with Gasteiger partial charge in [0.15, 0.2) is 17.3 Å². The largest absolute Gasteiger partial charge is 0.493 e. The van der Waals surface area contributed by atoms with Gasteiger partial charge in [-0.25, -0.2) is 0 Å². The molecule has 176 valence electrons. The summed E-state index contributed by atoms with van der Waals surface area (Å²) in [7, 11) is -2.10. The van der Waals surface area contributed by atoms with Crippen LogP contribution >= 0.6 is 0 Å². The molecular formula is C24H29N3O5S. The summed E-state index contributed by atoms with van der Waals surface area (Å²) in [5.41, 5.74) is 1.52. The minimum atomic E-state index is -3.69. The lowest BCUT2D eigenvalue weighted by Gasteiger charge is -2.34. The van der Waals surface area contributed by atoms with Crippen molar-refractivity contribution in [2.45, 2.75) is 37.6 Å². The molecule has 0 aliphatic carbocycles. The maximum atomic E-state index is 13.1. The maximum Gasteiger partial charge on any atom is 0.285 e. The van der Waals surface area contributed by atoms with E-state index in [0.29, 0.717) is 42.6 Å². The molecule has 2 aliphatic rings. The van der Waals surface area contributed by atoms with Crippen LogP contribution in [0.1, 0.15) is 43.9 Å². The van der Waals surface area contributed by atoms with Crippen molar-refractivity contribution in [3.8, 4) is 11.5 Å². The first kappa shape index (κ1) is 23.1. The maximum absolute atomic E-state index is 13.1. The molecule has 0 aromatic heterocycles. The lowest BCUT2D eigenvalue weighted by molar-refractivity contribution is -0.126. The monoisotopic (exact) mass is 471 g/mol. The van der Waals surface area contributed by atoms with Gasteiger partial charge in [-0.1, -0.05) is 18.2 Å². The zero-order valence-corrected chi connectivity index (χ0v) is 19.9. The Morgan fingerprint density at radius 2 is 2.03 bits per heavy atom. The average molecular weight is 472 g/mol. The van der Waals surface area contributed by atoms with Gasteiger partial charge in [-0.3, -0.25) is 4.79 Å². The minimum absolute atomic E-state index is 0.0604. The summed E-state index contributed by atoms with van der Waals surface area (Å²) in [4.78, 5) is 15.2. The van der Waals surface area contributed by atoms with Crippen molar-refractivity contribution < 1.29 is 22.7 Å². The molecule has 1 saturated heterocycles.